The fourth-order valence-electron chi connectivity index (χ4n) is 1.62. The lowest BCUT2D eigenvalue weighted by atomic mass is 10.2. The smallest absolute Gasteiger partial charge is 0.125 e. The third-order valence-electron chi connectivity index (χ3n) is 2.47. The summed E-state index contributed by atoms with van der Waals surface area (Å²) in [6, 6.07) is 1.92. The average molecular weight is 335 g/mol. The molecule has 2 aromatic rings. The van der Waals surface area contributed by atoms with Crippen molar-refractivity contribution in [2.75, 3.05) is 6.61 Å². The highest BCUT2D eigenvalue weighted by atomic mass is 79.9. The summed E-state index contributed by atoms with van der Waals surface area (Å²) in [5.41, 5.74) is 6.89. The lowest BCUT2D eigenvalue weighted by Crippen LogP contribution is -2.18. The van der Waals surface area contributed by atoms with Gasteiger partial charge in [0.25, 0.3) is 0 Å². The van der Waals surface area contributed by atoms with Crippen LogP contribution in [0, 0.1) is 5.82 Å². The molecular formula is C11H10BrClFN3O. The number of aliphatic hydroxyl groups is 1. The van der Waals surface area contributed by atoms with Gasteiger partial charge in [0.1, 0.15) is 5.82 Å². The molecule has 0 radical (unpaired) electrons. The Hall–Kier alpha value is -0.950. The van der Waals surface area contributed by atoms with Crippen molar-refractivity contribution in [1.29, 1.82) is 0 Å². The number of hydrogen-bond donors (Lipinski definition) is 2. The summed E-state index contributed by atoms with van der Waals surface area (Å²) in [4.78, 5) is 3.97. The van der Waals surface area contributed by atoms with Crippen LogP contribution in [0.3, 0.4) is 0 Å². The van der Waals surface area contributed by atoms with Crippen molar-refractivity contribution < 1.29 is 9.50 Å². The highest BCUT2D eigenvalue weighted by Crippen LogP contribution is 2.31. The first-order chi connectivity index (χ1) is 8.54. The maximum atomic E-state index is 13.2. The molecule has 1 heterocycles. The van der Waals surface area contributed by atoms with Crippen LogP contribution in [0.25, 0.3) is 5.69 Å². The summed E-state index contributed by atoms with van der Waals surface area (Å²) in [6.07, 6.45) is 3.04. The van der Waals surface area contributed by atoms with E-state index in [1.54, 1.807) is 4.57 Å². The van der Waals surface area contributed by atoms with E-state index in [1.165, 1.54) is 24.7 Å². The molecule has 0 saturated carbocycles. The van der Waals surface area contributed by atoms with Gasteiger partial charge in [-0.05, 0) is 28.1 Å². The molecule has 96 valence electrons. The Morgan fingerprint density at radius 2 is 2.28 bits per heavy atom. The van der Waals surface area contributed by atoms with E-state index in [4.69, 9.17) is 22.4 Å². The fourth-order valence-corrected chi connectivity index (χ4v) is 2.66. The Morgan fingerprint density at radius 1 is 1.56 bits per heavy atom. The van der Waals surface area contributed by atoms with Crippen molar-refractivity contribution >= 4 is 27.5 Å². The second-order valence-electron chi connectivity index (χ2n) is 3.70. The Balaban J connectivity index is 2.59. The maximum Gasteiger partial charge on any atom is 0.125 e. The number of nitrogens with zero attached hydrogens (tertiary/aromatic N) is 2. The molecule has 18 heavy (non-hydrogen) atoms. The average Bonchev–Trinajstić information content (AvgIpc) is 2.75. The normalized spacial score (nSPS) is 12.7. The third kappa shape index (κ3) is 2.42. The minimum Gasteiger partial charge on any atom is -0.394 e. The van der Waals surface area contributed by atoms with E-state index < -0.39 is 11.9 Å². The van der Waals surface area contributed by atoms with Gasteiger partial charge in [0.05, 0.1) is 41.6 Å². The minimum absolute atomic E-state index is 0.220. The molecule has 2 rings (SSSR count). The van der Waals surface area contributed by atoms with E-state index in [9.17, 15) is 4.39 Å². The molecule has 1 atom stereocenters. The van der Waals surface area contributed by atoms with Crippen molar-refractivity contribution in [3.8, 4) is 5.69 Å². The van der Waals surface area contributed by atoms with Crippen LogP contribution in [-0.2, 0) is 0 Å². The lowest BCUT2D eigenvalue weighted by molar-refractivity contribution is 0.265. The summed E-state index contributed by atoms with van der Waals surface area (Å²) in [7, 11) is 0. The second kappa shape index (κ2) is 5.36. The quantitative estimate of drug-likeness (QED) is 0.906. The summed E-state index contributed by atoms with van der Waals surface area (Å²) >= 11 is 9.27. The van der Waals surface area contributed by atoms with Crippen LogP contribution in [0.2, 0.25) is 5.02 Å². The van der Waals surface area contributed by atoms with Crippen LogP contribution < -0.4 is 5.73 Å². The van der Waals surface area contributed by atoms with E-state index in [1.807, 2.05) is 0 Å². The van der Waals surface area contributed by atoms with Gasteiger partial charge < -0.3 is 10.8 Å². The molecule has 0 bridgehead atoms. The zero-order chi connectivity index (χ0) is 13.3. The fraction of sp³-hybridized carbons (Fsp3) is 0.182. The molecule has 1 unspecified atom stereocenters. The van der Waals surface area contributed by atoms with Crippen LogP contribution in [0.4, 0.5) is 4.39 Å². The molecule has 0 aliphatic rings. The summed E-state index contributed by atoms with van der Waals surface area (Å²) in [6.45, 7) is -0.220. The van der Waals surface area contributed by atoms with Crippen molar-refractivity contribution in [1.82, 2.24) is 9.55 Å². The van der Waals surface area contributed by atoms with Gasteiger partial charge in [-0.3, -0.25) is 4.57 Å². The number of halogens is 3. The number of benzene rings is 1. The van der Waals surface area contributed by atoms with Gasteiger partial charge in [-0.1, -0.05) is 11.6 Å². The number of nitrogens with two attached hydrogens (primary N) is 1. The van der Waals surface area contributed by atoms with Gasteiger partial charge in [0.2, 0.25) is 0 Å². The van der Waals surface area contributed by atoms with Gasteiger partial charge in [0, 0.05) is 4.47 Å². The van der Waals surface area contributed by atoms with Crippen LogP contribution in [0.1, 0.15) is 11.7 Å². The van der Waals surface area contributed by atoms with Gasteiger partial charge in [-0.25, -0.2) is 9.37 Å². The van der Waals surface area contributed by atoms with E-state index in [2.05, 4.69) is 20.9 Å². The molecular weight excluding hydrogens is 324 g/mol. The Kier molecular flexibility index (Phi) is 4.01. The summed E-state index contributed by atoms with van der Waals surface area (Å²) in [5.74, 6) is -0.441. The number of rotatable bonds is 3. The van der Waals surface area contributed by atoms with Crippen LogP contribution in [-0.4, -0.2) is 21.3 Å². The Labute approximate surface area is 116 Å². The van der Waals surface area contributed by atoms with E-state index >= 15 is 0 Å². The third-order valence-corrected chi connectivity index (χ3v) is 3.36. The predicted molar refractivity (Wildman–Crippen MR) is 70.2 cm³/mol. The molecule has 3 N–H and O–H groups in total. The number of aliphatic hydroxyl groups excluding tert-OH is 1. The molecule has 1 aromatic heterocycles. The largest absolute Gasteiger partial charge is 0.394 e. The summed E-state index contributed by atoms with van der Waals surface area (Å²) < 4.78 is 15.3. The second-order valence-corrected chi connectivity index (χ2v) is 4.96. The molecule has 0 spiro atoms. The Bertz CT molecular complexity index is 552. The van der Waals surface area contributed by atoms with Crippen molar-refractivity contribution in [3.63, 3.8) is 0 Å². The molecule has 0 saturated heterocycles. The predicted octanol–water partition coefficient (Wildman–Crippen LogP) is 2.42. The topological polar surface area (TPSA) is 64.1 Å². The van der Waals surface area contributed by atoms with Crippen LogP contribution in [0.5, 0.6) is 0 Å². The molecule has 0 fully saturated rings. The highest BCUT2D eigenvalue weighted by Gasteiger charge is 2.16. The number of hydrogen-bond acceptors (Lipinski definition) is 3. The Morgan fingerprint density at radius 3 is 2.89 bits per heavy atom. The lowest BCUT2D eigenvalue weighted by Gasteiger charge is -2.15. The highest BCUT2D eigenvalue weighted by molar-refractivity contribution is 9.10. The molecule has 7 heteroatoms. The first-order valence-electron chi connectivity index (χ1n) is 5.08. The van der Waals surface area contributed by atoms with Crippen LogP contribution in [0.15, 0.2) is 29.1 Å². The van der Waals surface area contributed by atoms with Crippen molar-refractivity contribution in [2.24, 2.45) is 5.73 Å². The van der Waals surface area contributed by atoms with Crippen molar-refractivity contribution in [2.45, 2.75) is 6.04 Å². The SMILES string of the molecule is NC(CO)c1cncn1-c1c(Cl)cc(F)cc1Br. The molecule has 1 aromatic carbocycles. The minimum atomic E-state index is -0.583. The first kappa shape index (κ1) is 13.5. The van der Waals surface area contributed by atoms with Crippen molar-refractivity contribution in [3.05, 3.63) is 45.7 Å². The first-order valence-corrected chi connectivity index (χ1v) is 6.25. The number of imidazole rings is 1. The molecule has 0 aliphatic carbocycles. The van der Waals surface area contributed by atoms with Crippen LogP contribution >= 0.6 is 27.5 Å². The number of aromatic nitrogens is 2. The van der Waals surface area contributed by atoms with Gasteiger partial charge in [-0.15, -0.1) is 0 Å². The van der Waals surface area contributed by atoms with E-state index in [-0.39, 0.29) is 11.6 Å². The standard InChI is InChI=1S/C11H10BrClFN3O/c12-7-1-6(14)2-8(13)11(7)17-5-16-3-10(17)9(15)4-18/h1-3,5,9,18H,4,15H2. The summed E-state index contributed by atoms with van der Waals surface area (Å²) in [5, 5.41) is 9.32. The monoisotopic (exact) mass is 333 g/mol. The maximum absolute atomic E-state index is 13.2. The zero-order valence-electron chi connectivity index (χ0n) is 9.15. The van der Waals surface area contributed by atoms with Gasteiger partial charge >= 0.3 is 0 Å². The molecule has 4 nitrogen and oxygen atoms in total. The van der Waals surface area contributed by atoms with Gasteiger partial charge in [0.15, 0.2) is 0 Å². The van der Waals surface area contributed by atoms with E-state index in [0.717, 1.165) is 0 Å². The molecule has 0 amide bonds. The van der Waals surface area contributed by atoms with E-state index in [0.29, 0.717) is 15.9 Å². The zero-order valence-corrected chi connectivity index (χ0v) is 11.5. The molecule has 0 aliphatic heterocycles. The van der Waals surface area contributed by atoms with Gasteiger partial charge in [-0.2, -0.15) is 0 Å².